The van der Waals surface area contributed by atoms with Gasteiger partial charge in [0.05, 0.1) is 6.61 Å². The van der Waals surface area contributed by atoms with E-state index >= 15 is 0 Å². The van der Waals surface area contributed by atoms with Crippen molar-refractivity contribution in [3.63, 3.8) is 0 Å². The fourth-order valence-electron chi connectivity index (χ4n) is 3.01. The monoisotopic (exact) mass is 319 g/mol. The second-order valence-electron chi connectivity index (χ2n) is 6.47. The summed E-state index contributed by atoms with van der Waals surface area (Å²) in [6.07, 6.45) is 2.29. The molecule has 0 aliphatic carbocycles. The van der Waals surface area contributed by atoms with Gasteiger partial charge in [-0.3, -0.25) is 4.90 Å². The van der Waals surface area contributed by atoms with Crippen molar-refractivity contribution in [2.75, 3.05) is 64.4 Å². The van der Waals surface area contributed by atoms with Gasteiger partial charge in [0.25, 0.3) is 0 Å². The minimum atomic E-state index is 0.796. The summed E-state index contributed by atoms with van der Waals surface area (Å²) in [6.45, 7) is 13.3. The van der Waals surface area contributed by atoms with Crippen molar-refractivity contribution in [1.82, 2.24) is 9.80 Å². The van der Waals surface area contributed by atoms with E-state index < -0.39 is 0 Å². The van der Waals surface area contributed by atoms with Crippen LogP contribution in [-0.2, 0) is 0 Å². The summed E-state index contributed by atoms with van der Waals surface area (Å²) in [4.78, 5) is 7.50. The molecule has 2 rings (SSSR count). The normalized spacial score (nSPS) is 16.1. The van der Waals surface area contributed by atoms with Gasteiger partial charge in [-0.05, 0) is 50.7 Å². The fraction of sp³-hybridized carbons (Fsp3) is 0.684. The number of likely N-dealkylation sites (N-methyl/N-ethyl adjacent to an activating group) is 1. The zero-order valence-corrected chi connectivity index (χ0v) is 15.1. The summed E-state index contributed by atoms with van der Waals surface area (Å²) in [5.41, 5.74) is 1.32. The third-order valence-corrected chi connectivity index (χ3v) is 4.45. The minimum absolute atomic E-state index is 0.796. The SMILES string of the molecule is CCCOc1ccc(N2CCN(CCN(C)CCC)CC2)cc1. The number of benzene rings is 1. The lowest BCUT2D eigenvalue weighted by molar-refractivity contribution is 0.216. The van der Waals surface area contributed by atoms with E-state index in [0.717, 1.165) is 45.0 Å². The van der Waals surface area contributed by atoms with Gasteiger partial charge in [-0.15, -0.1) is 0 Å². The van der Waals surface area contributed by atoms with Crippen molar-refractivity contribution in [1.29, 1.82) is 0 Å². The molecular weight excluding hydrogens is 286 g/mol. The maximum absolute atomic E-state index is 5.66. The highest BCUT2D eigenvalue weighted by molar-refractivity contribution is 5.49. The Bertz CT molecular complexity index is 427. The van der Waals surface area contributed by atoms with Crippen LogP contribution in [0.1, 0.15) is 26.7 Å². The summed E-state index contributed by atoms with van der Waals surface area (Å²) < 4.78 is 5.66. The highest BCUT2D eigenvalue weighted by atomic mass is 16.5. The van der Waals surface area contributed by atoms with Crippen LogP contribution in [0.25, 0.3) is 0 Å². The summed E-state index contributed by atoms with van der Waals surface area (Å²) in [7, 11) is 2.22. The third-order valence-electron chi connectivity index (χ3n) is 4.45. The van der Waals surface area contributed by atoms with Gasteiger partial charge in [0.15, 0.2) is 0 Å². The van der Waals surface area contributed by atoms with Crippen LogP contribution in [0.15, 0.2) is 24.3 Å². The number of anilines is 1. The summed E-state index contributed by atoms with van der Waals surface area (Å²) >= 11 is 0. The molecular formula is C19H33N3O. The second kappa shape index (κ2) is 9.78. The molecule has 0 saturated carbocycles. The molecule has 1 aromatic rings. The predicted molar refractivity (Wildman–Crippen MR) is 98.7 cm³/mol. The maximum atomic E-state index is 5.66. The highest BCUT2D eigenvalue weighted by Gasteiger charge is 2.17. The molecule has 0 bridgehead atoms. The van der Waals surface area contributed by atoms with Gasteiger partial charge in [0.1, 0.15) is 5.75 Å². The lowest BCUT2D eigenvalue weighted by Crippen LogP contribution is -2.48. The topological polar surface area (TPSA) is 19.0 Å². The van der Waals surface area contributed by atoms with Crippen LogP contribution in [0.2, 0.25) is 0 Å². The van der Waals surface area contributed by atoms with Crippen molar-refractivity contribution < 1.29 is 4.74 Å². The van der Waals surface area contributed by atoms with Crippen molar-refractivity contribution in [3.05, 3.63) is 24.3 Å². The van der Waals surface area contributed by atoms with E-state index in [2.05, 4.69) is 59.9 Å². The Morgan fingerprint density at radius 1 is 0.957 bits per heavy atom. The molecule has 1 fully saturated rings. The zero-order chi connectivity index (χ0) is 16.5. The van der Waals surface area contributed by atoms with Gasteiger partial charge in [-0.2, -0.15) is 0 Å². The Hall–Kier alpha value is -1.26. The quantitative estimate of drug-likeness (QED) is 0.696. The molecule has 23 heavy (non-hydrogen) atoms. The van der Waals surface area contributed by atoms with Crippen LogP contribution >= 0.6 is 0 Å². The van der Waals surface area contributed by atoms with Gasteiger partial charge in [0, 0.05) is 45.0 Å². The molecule has 0 N–H and O–H groups in total. The zero-order valence-electron chi connectivity index (χ0n) is 15.1. The van der Waals surface area contributed by atoms with Crippen molar-refractivity contribution in [2.45, 2.75) is 26.7 Å². The standard InChI is InChI=1S/C19H33N3O/c1-4-10-20(3)11-12-21-13-15-22(16-14-21)18-6-8-19(9-7-18)23-17-5-2/h6-9H,4-5,10-17H2,1-3H3. The molecule has 0 atom stereocenters. The molecule has 1 aliphatic heterocycles. The molecule has 1 heterocycles. The largest absolute Gasteiger partial charge is 0.494 e. The smallest absolute Gasteiger partial charge is 0.119 e. The Morgan fingerprint density at radius 3 is 2.26 bits per heavy atom. The van der Waals surface area contributed by atoms with Crippen LogP contribution in [-0.4, -0.2) is 69.3 Å². The van der Waals surface area contributed by atoms with Crippen LogP contribution in [0.4, 0.5) is 5.69 Å². The lowest BCUT2D eigenvalue weighted by Gasteiger charge is -2.36. The second-order valence-corrected chi connectivity index (χ2v) is 6.47. The van der Waals surface area contributed by atoms with Crippen molar-refractivity contribution in [3.8, 4) is 5.75 Å². The van der Waals surface area contributed by atoms with Gasteiger partial charge in [0.2, 0.25) is 0 Å². The molecule has 4 heteroatoms. The average molecular weight is 319 g/mol. The molecule has 0 aromatic heterocycles. The van der Waals surface area contributed by atoms with Gasteiger partial charge in [-0.25, -0.2) is 0 Å². The fourth-order valence-corrected chi connectivity index (χ4v) is 3.01. The number of piperazine rings is 1. The molecule has 1 aliphatic rings. The minimum Gasteiger partial charge on any atom is -0.494 e. The first-order valence-corrected chi connectivity index (χ1v) is 9.11. The van der Waals surface area contributed by atoms with Crippen LogP contribution < -0.4 is 9.64 Å². The Kier molecular flexibility index (Phi) is 7.69. The first-order chi connectivity index (χ1) is 11.2. The number of rotatable bonds is 9. The number of nitrogens with zero attached hydrogens (tertiary/aromatic N) is 3. The summed E-state index contributed by atoms with van der Waals surface area (Å²) in [6, 6.07) is 8.57. The molecule has 1 aromatic carbocycles. The molecule has 130 valence electrons. The Labute approximate surface area is 142 Å². The molecule has 0 unspecified atom stereocenters. The lowest BCUT2D eigenvalue weighted by atomic mass is 10.2. The summed E-state index contributed by atoms with van der Waals surface area (Å²) in [5, 5.41) is 0. The number of hydrogen-bond acceptors (Lipinski definition) is 4. The third kappa shape index (κ3) is 6.04. The molecule has 4 nitrogen and oxygen atoms in total. The molecule has 0 spiro atoms. The van der Waals surface area contributed by atoms with E-state index in [-0.39, 0.29) is 0 Å². The van der Waals surface area contributed by atoms with E-state index in [9.17, 15) is 0 Å². The summed E-state index contributed by atoms with van der Waals surface area (Å²) in [5.74, 6) is 0.980. The van der Waals surface area contributed by atoms with Gasteiger partial charge >= 0.3 is 0 Å². The van der Waals surface area contributed by atoms with Crippen molar-refractivity contribution >= 4 is 5.69 Å². The predicted octanol–water partition coefficient (Wildman–Crippen LogP) is 2.94. The van der Waals surface area contributed by atoms with Crippen molar-refractivity contribution in [2.24, 2.45) is 0 Å². The first kappa shape index (κ1) is 18.1. The maximum Gasteiger partial charge on any atom is 0.119 e. The van der Waals surface area contributed by atoms with Crippen LogP contribution in [0.3, 0.4) is 0 Å². The van der Waals surface area contributed by atoms with E-state index in [1.807, 2.05) is 0 Å². The number of ether oxygens (including phenoxy) is 1. The van der Waals surface area contributed by atoms with Crippen LogP contribution in [0.5, 0.6) is 5.75 Å². The first-order valence-electron chi connectivity index (χ1n) is 9.11. The molecule has 1 saturated heterocycles. The Balaban J connectivity index is 1.73. The van der Waals surface area contributed by atoms with Gasteiger partial charge < -0.3 is 14.5 Å². The van der Waals surface area contributed by atoms with Crippen LogP contribution in [0, 0.1) is 0 Å². The van der Waals surface area contributed by atoms with E-state index in [0.29, 0.717) is 0 Å². The molecule has 0 radical (unpaired) electrons. The Morgan fingerprint density at radius 2 is 1.65 bits per heavy atom. The highest BCUT2D eigenvalue weighted by Crippen LogP contribution is 2.20. The molecule has 0 amide bonds. The van der Waals surface area contributed by atoms with E-state index in [4.69, 9.17) is 4.74 Å². The van der Waals surface area contributed by atoms with E-state index in [1.165, 1.54) is 31.7 Å². The van der Waals surface area contributed by atoms with Gasteiger partial charge in [-0.1, -0.05) is 13.8 Å². The number of hydrogen-bond donors (Lipinski definition) is 0. The average Bonchev–Trinajstić information content (AvgIpc) is 2.59. The van der Waals surface area contributed by atoms with E-state index in [1.54, 1.807) is 0 Å².